The fourth-order valence-corrected chi connectivity index (χ4v) is 2.54. The van der Waals surface area contributed by atoms with E-state index in [4.69, 9.17) is 14.6 Å². The number of methoxy groups -OCH3 is 1. The third-order valence-corrected chi connectivity index (χ3v) is 4.00. The third kappa shape index (κ3) is 3.31. The molecule has 1 aromatic heterocycles. The molecule has 0 aliphatic rings. The molecule has 0 saturated heterocycles. The molecule has 4 nitrogen and oxygen atoms in total. The Morgan fingerprint density at radius 1 is 1.15 bits per heavy atom. The molecule has 0 atom stereocenters. The van der Waals surface area contributed by atoms with Crippen LogP contribution < -0.4 is 9.47 Å². The van der Waals surface area contributed by atoms with E-state index >= 15 is 0 Å². The molecule has 20 heavy (non-hydrogen) atoms. The van der Waals surface area contributed by atoms with Gasteiger partial charge < -0.3 is 14.6 Å². The van der Waals surface area contributed by atoms with Crippen molar-refractivity contribution in [1.82, 2.24) is 4.98 Å². The molecule has 0 bridgehead atoms. The maximum absolute atomic E-state index is 9.13. The summed E-state index contributed by atoms with van der Waals surface area (Å²) in [5.41, 5.74) is 1.53. The molecular weight excluding hydrogens is 390 g/mol. The summed E-state index contributed by atoms with van der Waals surface area (Å²) in [6, 6.07) is 7.14. The lowest BCUT2D eigenvalue weighted by molar-refractivity contribution is 0.280. The van der Waals surface area contributed by atoms with Crippen molar-refractivity contribution >= 4 is 31.9 Å². The second-order valence-electron chi connectivity index (χ2n) is 4.07. The first kappa shape index (κ1) is 15.3. The molecule has 1 heterocycles. The molecule has 1 aromatic carbocycles. The molecule has 0 fully saturated rings. The zero-order valence-electron chi connectivity index (χ0n) is 11.0. The highest BCUT2D eigenvalue weighted by Gasteiger charge is 2.10. The number of aliphatic hydroxyl groups excluding tert-OH is 1. The van der Waals surface area contributed by atoms with Gasteiger partial charge in [0, 0.05) is 11.8 Å². The van der Waals surface area contributed by atoms with Crippen molar-refractivity contribution in [2.45, 2.75) is 13.5 Å². The number of aryl methyl sites for hydroxylation is 1. The van der Waals surface area contributed by atoms with E-state index in [1.165, 1.54) is 0 Å². The normalized spacial score (nSPS) is 10.4. The summed E-state index contributed by atoms with van der Waals surface area (Å²) in [4.78, 5) is 4.30. The molecule has 0 unspecified atom stereocenters. The first-order valence-corrected chi connectivity index (χ1v) is 7.42. The fraction of sp³-hybridized carbons (Fsp3) is 0.214. The van der Waals surface area contributed by atoms with Crippen molar-refractivity contribution in [3.8, 4) is 17.4 Å². The number of pyridine rings is 1. The van der Waals surface area contributed by atoms with Crippen LogP contribution in [0, 0.1) is 6.92 Å². The van der Waals surface area contributed by atoms with Crippen LogP contribution in [-0.4, -0.2) is 17.2 Å². The number of rotatable bonds is 4. The van der Waals surface area contributed by atoms with E-state index in [9.17, 15) is 0 Å². The summed E-state index contributed by atoms with van der Waals surface area (Å²) in [5, 5.41) is 9.13. The van der Waals surface area contributed by atoms with Gasteiger partial charge in [-0.2, -0.15) is 0 Å². The van der Waals surface area contributed by atoms with Crippen LogP contribution in [0.5, 0.6) is 17.4 Å². The number of nitrogens with zero attached hydrogens (tertiary/aromatic N) is 1. The molecule has 0 aliphatic carbocycles. The first-order valence-electron chi connectivity index (χ1n) is 5.83. The average molecular weight is 403 g/mol. The molecule has 0 saturated carbocycles. The van der Waals surface area contributed by atoms with Gasteiger partial charge in [0.2, 0.25) is 5.88 Å². The molecule has 0 radical (unpaired) electrons. The van der Waals surface area contributed by atoms with Crippen molar-refractivity contribution in [3.63, 3.8) is 0 Å². The van der Waals surface area contributed by atoms with E-state index < -0.39 is 0 Å². The van der Waals surface area contributed by atoms with Crippen molar-refractivity contribution in [2.75, 3.05) is 7.11 Å². The lowest BCUT2D eigenvalue weighted by Gasteiger charge is -2.11. The summed E-state index contributed by atoms with van der Waals surface area (Å²) < 4.78 is 12.5. The van der Waals surface area contributed by atoms with Gasteiger partial charge in [-0.3, -0.25) is 0 Å². The molecule has 2 aromatic rings. The maximum Gasteiger partial charge on any atom is 0.219 e. The second kappa shape index (κ2) is 6.56. The largest absolute Gasteiger partial charge is 0.496 e. The van der Waals surface area contributed by atoms with Crippen LogP contribution in [0.3, 0.4) is 0 Å². The van der Waals surface area contributed by atoms with E-state index in [0.717, 1.165) is 20.2 Å². The van der Waals surface area contributed by atoms with E-state index in [0.29, 0.717) is 17.4 Å². The fourth-order valence-electron chi connectivity index (χ4n) is 1.65. The van der Waals surface area contributed by atoms with E-state index in [2.05, 4.69) is 36.8 Å². The van der Waals surface area contributed by atoms with Crippen molar-refractivity contribution in [3.05, 3.63) is 44.5 Å². The summed E-state index contributed by atoms with van der Waals surface area (Å²) in [6.07, 6.45) is 0. The van der Waals surface area contributed by atoms with E-state index in [1.54, 1.807) is 25.3 Å². The average Bonchev–Trinajstić information content (AvgIpc) is 2.42. The molecule has 1 N–H and O–H groups in total. The number of benzene rings is 1. The molecule has 0 aliphatic heterocycles. The van der Waals surface area contributed by atoms with Crippen LogP contribution in [0.15, 0.2) is 33.2 Å². The van der Waals surface area contributed by atoms with Crippen LogP contribution in [0.1, 0.15) is 11.3 Å². The van der Waals surface area contributed by atoms with Gasteiger partial charge in [-0.1, -0.05) is 0 Å². The highest BCUT2D eigenvalue weighted by atomic mass is 79.9. The summed E-state index contributed by atoms with van der Waals surface area (Å²) in [7, 11) is 1.60. The van der Waals surface area contributed by atoms with Gasteiger partial charge in [0.1, 0.15) is 11.5 Å². The Kier molecular flexibility index (Phi) is 5.01. The lowest BCUT2D eigenvalue weighted by atomic mass is 10.2. The molecule has 0 spiro atoms. The molecule has 106 valence electrons. The van der Waals surface area contributed by atoms with E-state index in [1.807, 2.05) is 13.0 Å². The van der Waals surface area contributed by atoms with Gasteiger partial charge in [0.15, 0.2) is 0 Å². The molecule has 2 rings (SSSR count). The van der Waals surface area contributed by atoms with Gasteiger partial charge in [-0.15, -0.1) is 0 Å². The Labute approximate surface area is 134 Å². The highest BCUT2D eigenvalue weighted by Crippen LogP contribution is 2.37. The van der Waals surface area contributed by atoms with Crippen LogP contribution in [-0.2, 0) is 6.61 Å². The summed E-state index contributed by atoms with van der Waals surface area (Å²) in [6.45, 7) is 1.80. The molecular formula is C14H13Br2NO3. The predicted molar refractivity (Wildman–Crippen MR) is 83.4 cm³/mol. The van der Waals surface area contributed by atoms with Gasteiger partial charge in [-0.25, -0.2) is 4.98 Å². The standard InChI is InChI=1S/C14H13Br2NO3/c1-8-9(7-18)3-4-14(17-8)20-13-6-10(15)12(19-2)5-11(13)16/h3-6,18H,7H2,1-2H3. The zero-order chi connectivity index (χ0) is 14.7. The number of hydrogen-bond donors (Lipinski definition) is 1. The van der Waals surface area contributed by atoms with Gasteiger partial charge in [-0.05, 0) is 62.5 Å². The number of halogens is 2. The molecule has 0 amide bonds. The van der Waals surface area contributed by atoms with Gasteiger partial charge in [0.05, 0.1) is 22.7 Å². The second-order valence-corrected chi connectivity index (χ2v) is 5.78. The van der Waals surface area contributed by atoms with Crippen molar-refractivity contribution in [1.29, 1.82) is 0 Å². The number of aromatic nitrogens is 1. The zero-order valence-corrected chi connectivity index (χ0v) is 14.2. The van der Waals surface area contributed by atoms with Crippen molar-refractivity contribution < 1.29 is 14.6 Å². The smallest absolute Gasteiger partial charge is 0.219 e. The third-order valence-electron chi connectivity index (χ3n) is 2.76. The number of hydrogen-bond acceptors (Lipinski definition) is 4. The topological polar surface area (TPSA) is 51.6 Å². The number of aliphatic hydroxyl groups is 1. The maximum atomic E-state index is 9.13. The van der Waals surface area contributed by atoms with Crippen LogP contribution in [0.4, 0.5) is 0 Å². The SMILES string of the molecule is COc1cc(Br)c(Oc2ccc(CO)c(C)n2)cc1Br. The Bertz CT molecular complexity index is 632. The Morgan fingerprint density at radius 3 is 2.40 bits per heavy atom. The van der Waals surface area contributed by atoms with Crippen LogP contribution >= 0.6 is 31.9 Å². The van der Waals surface area contributed by atoms with E-state index in [-0.39, 0.29) is 6.61 Å². The van der Waals surface area contributed by atoms with Gasteiger partial charge in [0.25, 0.3) is 0 Å². The monoisotopic (exact) mass is 401 g/mol. The molecule has 6 heteroatoms. The first-order chi connectivity index (χ1) is 9.55. The van der Waals surface area contributed by atoms with Crippen LogP contribution in [0.2, 0.25) is 0 Å². The minimum Gasteiger partial charge on any atom is -0.496 e. The highest BCUT2D eigenvalue weighted by molar-refractivity contribution is 9.11. The minimum absolute atomic E-state index is 0.0309. The van der Waals surface area contributed by atoms with Crippen molar-refractivity contribution in [2.24, 2.45) is 0 Å². The lowest BCUT2D eigenvalue weighted by Crippen LogP contribution is -1.96. The summed E-state index contributed by atoms with van der Waals surface area (Å²) in [5.74, 6) is 1.81. The Hall–Kier alpha value is -1.11. The number of ether oxygens (including phenoxy) is 2. The predicted octanol–water partition coefficient (Wildman–Crippen LogP) is 4.21. The Morgan fingerprint density at radius 2 is 1.80 bits per heavy atom. The summed E-state index contributed by atoms with van der Waals surface area (Å²) >= 11 is 6.85. The quantitative estimate of drug-likeness (QED) is 0.832. The minimum atomic E-state index is -0.0309. The Balaban J connectivity index is 2.30. The van der Waals surface area contributed by atoms with Gasteiger partial charge >= 0.3 is 0 Å². The van der Waals surface area contributed by atoms with Crippen LogP contribution in [0.25, 0.3) is 0 Å².